The van der Waals surface area contributed by atoms with Gasteiger partial charge in [-0.05, 0) is 6.07 Å². The van der Waals surface area contributed by atoms with Gasteiger partial charge in [0.1, 0.15) is 6.20 Å². The Kier molecular flexibility index (Phi) is 0.794. The molecule has 3 nitrogen and oxygen atoms in total. The van der Waals surface area contributed by atoms with Gasteiger partial charge in [0.25, 0.3) is 0 Å². The van der Waals surface area contributed by atoms with Crippen molar-refractivity contribution in [3.8, 4) is 6.19 Å². The fourth-order valence-corrected chi connectivity index (χ4v) is 0.288. The Bertz CT molecular complexity index is 169. The highest BCUT2D eigenvalue weighted by atomic mass is 15.2. The minimum Gasteiger partial charge on any atom is -0.174 e. The van der Waals surface area contributed by atoms with E-state index in [0.29, 0.717) is 0 Å². The van der Waals surface area contributed by atoms with E-state index in [2.05, 4.69) is 11.3 Å². The Morgan fingerprint density at radius 1 is 1.86 bits per heavy atom. The molecule has 0 N–H and O–H groups in total. The van der Waals surface area contributed by atoms with Crippen molar-refractivity contribution >= 4 is 0 Å². The van der Waals surface area contributed by atoms with Crippen LogP contribution in [0.15, 0.2) is 12.3 Å². The van der Waals surface area contributed by atoms with Crippen molar-refractivity contribution in [3.63, 3.8) is 0 Å². The molecule has 0 aliphatic rings. The van der Waals surface area contributed by atoms with Gasteiger partial charge in [0.15, 0.2) is 0 Å². The summed E-state index contributed by atoms with van der Waals surface area (Å²) >= 11 is 0. The first kappa shape index (κ1) is 3.88. The molecule has 0 aromatic carbocycles. The quantitative estimate of drug-likeness (QED) is 0.452. The van der Waals surface area contributed by atoms with E-state index in [0.717, 1.165) is 4.68 Å². The van der Waals surface area contributed by atoms with Crippen LogP contribution < -0.4 is 0 Å². The maximum absolute atomic E-state index is 8.06. The molecule has 0 saturated heterocycles. The van der Waals surface area contributed by atoms with Crippen LogP contribution in [-0.4, -0.2) is 9.78 Å². The topological polar surface area (TPSA) is 41.6 Å². The number of hydrogen-bond acceptors (Lipinski definition) is 2. The van der Waals surface area contributed by atoms with Gasteiger partial charge in [-0.3, -0.25) is 0 Å². The molecule has 0 fully saturated rings. The highest BCUT2D eigenvalue weighted by Gasteiger charge is 1.77. The highest BCUT2D eigenvalue weighted by Crippen LogP contribution is 1.74. The van der Waals surface area contributed by atoms with Gasteiger partial charge in [0, 0.05) is 6.20 Å². The maximum Gasteiger partial charge on any atom is 0.206 e. The summed E-state index contributed by atoms with van der Waals surface area (Å²) in [5, 5.41) is 11.5. The molecule has 0 aliphatic carbocycles. The van der Waals surface area contributed by atoms with Crippen LogP contribution in [0.25, 0.3) is 0 Å². The fraction of sp³-hybridized carbons (Fsp3) is 0. The third-order valence-corrected chi connectivity index (χ3v) is 0.558. The molecule has 0 unspecified atom stereocenters. The van der Waals surface area contributed by atoms with Crippen LogP contribution in [0.5, 0.6) is 0 Å². The Morgan fingerprint density at radius 2 is 2.71 bits per heavy atom. The highest BCUT2D eigenvalue weighted by molar-refractivity contribution is 4.84. The lowest BCUT2D eigenvalue weighted by molar-refractivity contribution is 0.894. The van der Waals surface area contributed by atoms with E-state index in [1.165, 1.54) is 6.20 Å². The molecule has 1 rings (SSSR count). The third kappa shape index (κ3) is 0.578. The zero-order valence-corrected chi connectivity index (χ0v) is 3.50. The summed E-state index contributed by atoms with van der Waals surface area (Å²) in [5.74, 6) is 0. The summed E-state index contributed by atoms with van der Waals surface area (Å²) < 4.78 is 1.12. The monoisotopic (exact) mass is 92.0 g/mol. The SMILES string of the molecule is N#Cn1cc[c]n1. The number of nitriles is 1. The molecule has 0 aliphatic heterocycles. The lowest BCUT2D eigenvalue weighted by Crippen LogP contribution is -1.84. The van der Waals surface area contributed by atoms with Gasteiger partial charge in [-0.25, -0.2) is 0 Å². The molecule has 7 heavy (non-hydrogen) atoms. The molecular formula is C4H2N3. The molecule has 33 valence electrons. The Labute approximate surface area is 40.8 Å². The van der Waals surface area contributed by atoms with Crippen molar-refractivity contribution < 1.29 is 0 Å². The summed E-state index contributed by atoms with van der Waals surface area (Å²) in [7, 11) is 0. The summed E-state index contributed by atoms with van der Waals surface area (Å²) in [6, 6.07) is 1.57. The van der Waals surface area contributed by atoms with Crippen LogP contribution in [0, 0.1) is 17.7 Å². The van der Waals surface area contributed by atoms with Gasteiger partial charge in [-0.2, -0.15) is 15.0 Å². The number of rotatable bonds is 0. The number of nitrogens with zero attached hydrogens (tertiary/aromatic N) is 3. The average Bonchev–Trinajstić information content (AvgIpc) is 2.14. The van der Waals surface area contributed by atoms with E-state index >= 15 is 0 Å². The van der Waals surface area contributed by atoms with Crippen LogP contribution in [0.4, 0.5) is 0 Å². The minimum absolute atomic E-state index is 1.12. The maximum atomic E-state index is 8.06. The normalized spacial score (nSPS) is 7.86. The van der Waals surface area contributed by atoms with E-state index in [1.807, 2.05) is 0 Å². The second-order valence-electron chi connectivity index (χ2n) is 0.989. The van der Waals surface area contributed by atoms with E-state index < -0.39 is 0 Å². The Morgan fingerprint density at radius 3 is 3.00 bits per heavy atom. The summed E-state index contributed by atoms with van der Waals surface area (Å²) in [4.78, 5) is 0. The minimum atomic E-state index is 1.12. The summed E-state index contributed by atoms with van der Waals surface area (Å²) in [6.45, 7) is 0. The molecule has 3 heteroatoms. The molecular weight excluding hydrogens is 90.1 g/mol. The first-order valence-corrected chi connectivity index (χ1v) is 1.75. The van der Waals surface area contributed by atoms with Crippen molar-refractivity contribution in [2.45, 2.75) is 0 Å². The largest absolute Gasteiger partial charge is 0.206 e. The van der Waals surface area contributed by atoms with Gasteiger partial charge in [-0.1, -0.05) is 0 Å². The van der Waals surface area contributed by atoms with E-state index in [9.17, 15) is 0 Å². The second kappa shape index (κ2) is 1.43. The molecule has 0 saturated carbocycles. The molecule has 1 heterocycles. The Balaban J connectivity index is 3.04. The molecule has 1 aromatic heterocycles. The molecule has 0 atom stereocenters. The molecule has 0 bridgehead atoms. The molecule has 0 amide bonds. The van der Waals surface area contributed by atoms with Crippen LogP contribution in [0.2, 0.25) is 0 Å². The zero-order valence-electron chi connectivity index (χ0n) is 3.50. The van der Waals surface area contributed by atoms with E-state index in [-0.39, 0.29) is 0 Å². The molecule has 1 aromatic rings. The predicted octanol–water partition coefficient (Wildman–Crippen LogP) is 0.0125. The molecule has 1 radical (unpaired) electrons. The predicted molar refractivity (Wildman–Crippen MR) is 22.1 cm³/mol. The molecule has 0 spiro atoms. The van der Waals surface area contributed by atoms with E-state index in [4.69, 9.17) is 5.26 Å². The van der Waals surface area contributed by atoms with Gasteiger partial charge in [0.2, 0.25) is 6.19 Å². The van der Waals surface area contributed by atoms with Crippen molar-refractivity contribution in [2.75, 3.05) is 0 Å². The van der Waals surface area contributed by atoms with Gasteiger partial charge < -0.3 is 0 Å². The fourth-order valence-electron chi connectivity index (χ4n) is 0.288. The van der Waals surface area contributed by atoms with Crippen molar-refractivity contribution in [1.82, 2.24) is 9.78 Å². The van der Waals surface area contributed by atoms with Crippen LogP contribution in [0.3, 0.4) is 0 Å². The lowest BCUT2D eigenvalue weighted by atomic mass is 10.8. The van der Waals surface area contributed by atoms with Crippen molar-refractivity contribution in [1.29, 1.82) is 5.26 Å². The van der Waals surface area contributed by atoms with E-state index in [1.54, 1.807) is 12.3 Å². The number of aromatic nitrogens is 2. The first-order valence-electron chi connectivity index (χ1n) is 1.75. The van der Waals surface area contributed by atoms with Crippen LogP contribution in [0.1, 0.15) is 0 Å². The Hall–Kier alpha value is -1.30. The second-order valence-corrected chi connectivity index (χ2v) is 0.989. The summed E-state index contributed by atoms with van der Waals surface area (Å²) in [6.07, 6.45) is 5.78. The average molecular weight is 92.1 g/mol. The summed E-state index contributed by atoms with van der Waals surface area (Å²) in [5.41, 5.74) is 0. The zero-order chi connectivity index (χ0) is 5.11. The van der Waals surface area contributed by atoms with Crippen LogP contribution in [-0.2, 0) is 0 Å². The lowest BCUT2D eigenvalue weighted by Gasteiger charge is -1.72. The van der Waals surface area contributed by atoms with Crippen LogP contribution >= 0.6 is 0 Å². The van der Waals surface area contributed by atoms with Gasteiger partial charge in [-0.15, -0.1) is 0 Å². The van der Waals surface area contributed by atoms with Crippen molar-refractivity contribution in [2.24, 2.45) is 0 Å². The van der Waals surface area contributed by atoms with Gasteiger partial charge in [0.05, 0.1) is 0 Å². The van der Waals surface area contributed by atoms with Gasteiger partial charge >= 0.3 is 0 Å². The third-order valence-electron chi connectivity index (χ3n) is 0.558. The number of hydrogen-bond donors (Lipinski definition) is 0. The first-order chi connectivity index (χ1) is 3.43. The standard InChI is InChI=1S/C4H2N3/c5-4-7-3-1-2-6-7/h1,3H. The smallest absolute Gasteiger partial charge is 0.174 e. The van der Waals surface area contributed by atoms with Crippen molar-refractivity contribution in [3.05, 3.63) is 18.5 Å².